The normalized spacial score (nSPS) is 19.2. The van der Waals surface area contributed by atoms with Gasteiger partial charge in [-0.05, 0) is 25.3 Å². The van der Waals surface area contributed by atoms with Gasteiger partial charge >= 0.3 is 0 Å². The lowest BCUT2D eigenvalue weighted by molar-refractivity contribution is -0.000289. The third-order valence-corrected chi connectivity index (χ3v) is 3.18. The Labute approximate surface area is 110 Å². The van der Waals surface area contributed by atoms with Gasteiger partial charge in [-0.1, -0.05) is 0 Å². The van der Waals surface area contributed by atoms with E-state index in [0.29, 0.717) is 13.2 Å². The van der Waals surface area contributed by atoms with Crippen molar-refractivity contribution in [1.29, 1.82) is 0 Å². The van der Waals surface area contributed by atoms with Crippen molar-refractivity contribution in [1.82, 2.24) is 9.88 Å². The largest absolute Gasteiger partial charge is 0.376 e. The number of aromatic nitrogens is 1. The zero-order chi connectivity index (χ0) is 13.8. The Bertz CT molecular complexity index is 462. The van der Waals surface area contributed by atoms with Crippen LogP contribution in [0.2, 0.25) is 0 Å². The summed E-state index contributed by atoms with van der Waals surface area (Å²) in [4.78, 5) is 16.5. The maximum Gasteiger partial charge on any atom is 0.256 e. The van der Waals surface area contributed by atoms with Gasteiger partial charge in [0.25, 0.3) is 5.91 Å². The summed E-state index contributed by atoms with van der Waals surface area (Å²) >= 11 is 0. The van der Waals surface area contributed by atoms with Gasteiger partial charge in [-0.2, -0.15) is 4.39 Å². The number of hydrogen-bond donors (Lipinski definition) is 0. The van der Waals surface area contributed by atoms with E-state index in [1.54, 1.807) is 7.05 Å². The van der Waals surface area contributed by atoms with E-state index in [4.69, 9.17) is 4.74 Å². The summed E-state index contributed by atoms with van der Waals surface area (Å²) in [6, 6.07) is 1.18. The van der Waals surface area contributed by atoms with E-state index >= 15 is 0 Å². The van der Waals surface area contributed by atoms with Crippen molar-refractivity contribution in [3.8, 4) is 0 Å². The summed E-state index contributed by atoms with van der Waals surface area (Å²) in [5.41, 5.74) is -0.300. The SMILES string of the molecule is CN(CC1CCCCO1)C(=O)c1ccnc(F)c1F. The first-order valence-corrected chi connectivity index (χ1v) is 6.26. The quantitative estimate of drug-likeness (QED) is 0.789. The van der Waals surface area contributed by atoms with E-state index in [2.05, 4.69) is 4.98 Å². The molecule has 104 valence electrons. The molecule has 2 rings (SSSR count). The summed E-state index contributed by atoms with van der Waals surface area (Å²) in [5.74, 6) is -3.02. The molecule has 1 atom stereocenters. The number of pyridine rings is 1. The van der Waals surface area contributed by atoms with E-state index in [-0.39, 0.29) is 11.7 Å². The fourth-order valence-corrected chi connectivity index (χ4v) is 2.13. The van der Waals surface area contributed by atoms with E-state index in [1.807, 2.05) is 0 Å². The van der Waals surface area contributed by atoms with E-state index in [1.165, 1.54) is 11.0 Å². The Morgan fingerprint density at radius 3 is 3.00 bits per heavy atom. The molecule has 1 unspecified atom stereocenters. The Hall–Kier alpha value is -1.56. The van der Waals surface area contributed by atoms with Crippen LogP contribution < -0.4 is 0 Å². The lowest BCUT2D eigenvalue weighted by Crippen LogP contribution is -2.37. The molecule has 0 radical (unpaired) electrons. The maximum atomic E-state index is 13.5. The highest BCUT2D eigenvalue weighted by molar-refractivity contribution is 5.94. The van der Waals surface area contributed by atoms with Crippen molar-refractivity contribution in [3.05, 3.63) is 29.6 Å². The van der Waals surface area contributed by atoms with Crippen LogP contribution in [-0.4, -0.2) is 42.1 Å². The second-order valence-electron chi connectivity index (χ2n) is 4.64. The first-order valence-electron chi connectivity index (χ1n) is 6.26. The van der Waals surface area contributed by atoms with Crippen LogP contribution in [0.1, 0.15) is 29.6 Å². The van der Waals surface area contributed by atoms with Gasteiger partial charge in [0.15, 0.2) is 5.82 Å². The van der Waals surface area contributed by atoms with Crippen molar-refractivity contribution in [2.24, 2.45) is 0 Å². The summed E-state index contributed by atoms with van der Waals surface area (Å²) in [7, 11) is 1.55. The summed E-state index contributed by atoms with van der Waals surface area (Å²) in [6.45, 7) is 1.06. The molecule has 1 aliphatic heterocycles. The summed E-state index contributed by atoms with van der Waals surface area (Å²) < 4.78 is 32.0. The molecule has 1 saturated heterocycles. The zero-order valence-corrected chi connectivity index (χ0v) is 10.7. The lowest BCUT2D eigenvalue weighted by atomic mass is 10.1. The Kier molecular flexibility index (Phi) is 4.42. The molecule has 0 spiro atoms. The summed E-state index contributed by atoms with van der Waals surface area (Å²) in [6.07, 6.45) is 4.02. The molecule has 4 nitrogen and oxygen atoms in total. The number of nitrogens with zero attached hydrogens (tertiary/aromatic N) is 2. The van der Waals surface area contributed by atoms with Crippen molar-refractivity contribution >= 4 is 5.91 Å². The Morgan fingerprint density at radius 1 is 1.53 bits per heavy atom. The molecule has 0 saturated carbocycles. The highest BCUT2D eigenvalue weighted by atomic mass is 19.2. The van der Waals surface area contributed by atoms with Crippen LogP contribution in [0.15, 0.2) is 12.3 Å². The number of hydrogen-bond acceptors (Lipinski definition) is 3. The minimum Gasteiger partial charge on any atom is -0.376 e. The van der Waals surface area contributed by atoms with Crippen LogP contribution >= 0.6 is 0 Å². The first-order chi connectivity index (χ1) is 9.09. The van der Waals surface area contributed by atoms with Crippen molar-refractivity contribution in [3.63, 3.8) is 0 Å². The van der Waals surface area contributed by atoms with Crippen molar-refractivity contribution < 1.29 is 18.3 Å². The Morgan fingerprint density at radius 2 is 2.32 bits per heavy atom. The lowest BCUT2D eigenvalue weighted by Gasteiger charge is -2.27. The molecular weight excluding hydrogens is 254 g/mol. The molecular formula is C13H16F2N2O2. The van der Waals surface area contributed by atoms with E-state index in [0.717, 1.165) is 25.5 Å². The molecule has 2 heterocycles. The molecule has 1 aromatic rings. The van der Waals surface area contributed by atoms with Crippen LogP contribution in [0, 0.1) is 11.8 Å². The third-order valence-electron chi connectivity index (χ3n) is 3.18. The summed E-state index contributed by atoms with van der Waals surface area (Å²) in [5, 5.41) is 0. The van der Waals surface area contributed by atoms with Crippen LogP contribution in [0.4, 0.5) is 8.78 Å². The number of rotatable bonds is 3. The fourth-order valence-electron chi connectivity index (χ4n) is 2.13. The molecule has 0 aliphatic carbocycles. The van der Waals surface area contributed by atoms with Gasteiger partial charge in [-0.3, -0.25) is 4.79 Å². The van der Waals surface area contributed by atoms with Gasteiger partial charge in [0, 0.05) is 26.4 Å². The molecule has 1 fully saturated rings. The van der Waals surface area contributed by atoms with Gasteiger partial charge in [0.05, 0.1) is 11.7 Å². The van der Waals surface area contributed by atoms with Crippen molar-refractivity contribution in [2.45, 2.75) is 25.4 Å². The van der Waals surface area contributed by atoms with Crippen LogP contribution in [0.3, 0.4) is 0 Å². The second kappa shape index (κ2) is 6.06. The molecule has 1 amide bonds. The van der Waals surface area contributed by atoms with Crippen LogP contribution in [0.5, 0.6) is 0 Å². The minimum atomic E-state index is -1.26. The monoisotopic (exact) mass is 270 g/mol. The number of ether oxygens (including phenoxy) is 1. The number of carbonyl (C=O) groups is 1. The smallest absolute Gasteiger partial charge is 0.256 e. The van der Waals surface area contributed by atoms with Gasteiger partial charge in [-0.25, -0.2) is 9.37 Å². The predicted molar refractivity (Wildman–Crippen MR) is 64.7 cm³/mol. The Balaban J connectivity index is 2.03. The molecule has 0 N–H and O–H groups in total. The molecule has 0 bridgehead atoms. The molecule has 0 aromatic carbocycles. The third kappa shape index (κ3) is 3.26. The van der Waals surface area contributed by atoms with Crippen LogP contribution in [0.25, 0.3) is 0 Å². The predicted octanol–water partition coefficient (Wildman–Crippen LogP) is 2.00. The van der Waals surface area contributed by atoms with Gasteiger partial charge in [0.2, 0.25) is 5.95 Å². The van der Waals surface area contributed by atoms with E-state index < -0.39 is 17.7 Å². The molecule has 1 aliphatic rings. The molecule has 1 aromatic heterocycles. The highest BCUT2D eigenvalue weighted by Crippen LogP contribution is 2.16. The second-order valence-corrected chi connectivity index (χ2v) is 4.64. The average Bonchev–Trinajstić information content (AvgIpc) is 2.42. The minimum absolute atomic E-state index is 0.0301. The number of amides is 1. The maximum absolute atomic E-state index is 13.5. The molecule has 19 heavy (non-hydrogen) atoms. The average molecular weight is 270 g/mol. The number of likely N-dealkylation sites (N-methyl/N-ethyl adjacent to an activating group) is 1. The van der Waals surface area contributed by atoms with Gasteiger partial charge < -0.3 is 9.64 Å². The van der Waals surface area contributed by atoms with Crippen LogP contribution in [-0.2, 0) is 4.74 Å². The fraction of sp³-hybridized carbons (Fsp3) is 0.538. The van der Waals surface area contributed by atoms with Gasteiger partial charge in [-0.15, -0.1) is 0 Å². The standard InChI is InChI=1S/C13H16F2N2O2/c1-17(8-9-4-2-3-7-19-9)13(18)10-5-6-16-12(15)11(10)14/h5-6,9H,2-4,7-8H2,1H3. The zero-order valence-electron chi connectivity index (χ0n) is 10.7. The van der Waals surface area contributed by atoms with Crippen molar-refractivity contribution in [2.75, 3.05) is 20.2 Å². The first kappa shape index (κ1) is 13.9. The highest BCUT2D eigenvalue weighted by Gasteiger charge is 2.23. The van der Waals surface area contributed by atoms with E-state index in [9.17, 15) is 13.6 Å². The number of halogens is 2. The van der Waals surface area contributed by atoms with Gasteiger partial charge in [0.1, 0.15) is 0 Å². The molecule has 6 heteroatoms. The topological polar surface area (TPSA) is 42.4 Å². The number of carbonyl (C=O) groups excluding carboxylic acids is 1.